The number of benzene rings is 1. The molecule has 0 aliphatic carbocycles. The van der Waals surface area contributed by atoms with Crippen molar-refractivity contribution in [2.45, 2.75) is 32.4 Å². The number of carbonyl (C=O) groups is 1. The smallest absolute Gasteiger partial charge is 0.223 e. The summed E-state index contributed by atoms with van der Waals surface area (Å²) in [5.74, 6) is 0.372. The van der Waals surface area contributed by atoms with Crippen LogP contribution in [0.2, 0.25) is 0 Å². The van der Waals surface area contributed by atoms with E-state index < -0.39 is 0 Å². The van der Waals surface area contributed by atoms with Gasteiger partial charge >= 0.3 is 0 Å². The highest BCUT2D eigenvalue weighted by atomic mass is 16.1. The summed E-state index contributed by atoms with van der Waals surface area (Å²) in [6.07, 6.45) is 1.89. The highest BCUT2D eigenvalue weighted by Crippen LogP contribution is 2.16. The molecule has 3 nitrogen and oxygen atoms in total. The minimum absolute atomic E-state index is 0.176. The van der Waals surface area contributed by atoms with E-state index in [0.717, 1.165) is 24.9 Å². The van der Waals surface area contributed by atoms with Crippen LogP contribution in [-0.4, -0.2) is 18.5 Å². The van der Waals surface area contributed by atoms with Gasteiger partial charge in [0.1, 0.15) is 0 Å². The van der Waals surface area contributed by atoms with Crippen LogP contribution in [-0.2, 0) is 11.3 Å². The molecule has 1 aromatic rings. The molecule has 1 fully saturated rings. The van der Waals surface area contributed by atoms with Crippen LogP contribution in [0.5, 0.6) is 0 Å². The zero-order valence-corrected chi connectivity index (χ0v) is 10.3. The van der Waals surface area contributed by atoms with Gasteiger partial charge in [-0.05, 0) is 31.9 Å². The van der Waals surface area contributed by atoms with Crippen LogP contribution in [0, 0.1) is 5.92 Å². The molecule has 0 aromatic heterocycles. The summed E-state index contributed by atoms with van der Waals surface area (Å²) >= 11 is 0. The van der Waals surface area contributed by atoms with Crippen LogP contribution in [0.15, 0.2) is 30.3 Å². The fraction of sp³-hybridized carbons (Fsp3) is 0.500. The maximum atomic E-state index is 12.0. The Bertz CT molecular complexity index is 364. The summed E-state index contributed by atoms with van der Waals surface area (Å²) in [7, 11) is 0. The molecule has 92 valence electrons. The largest absolute Gasteiger partial charge is 0.352 e. The molecular formula is C14H20N2O. The van der Waals surface area contributed by atoms with Gasteiger partial charge in [-0.25, -0.2) is 0 Å². The molecule has 0 bridgehead atoms. The average Bonchev–Trinajstić information content (AvgIpc) is 2.37. The fourth-order valence-corrected chi connectivity index (χ4v) is 2.30. The van der Waals surface area contributed by atoms with Gasteiger partial charge in [0.05, 0.1) is 0 Å². The van der Waals surface area contributed by atoms with E-state index in [1.165, 1.54) is 0 Å². The number of nitrogens with one attached hydrogen (secondary N) is 2. The standard InChI is InChI=1S/C14H20N2O/c1-11-9-13(7-8-15-11)14(17)16-10-12-5-3-2-4-6-12/h2-6,11,13,15H,7-10H2,1H3,(H,16,17). The second kappa shape index (κ2) is 5.82. The number of hydrogen-bond donors (Lipinski definition) is 2. The van der Waals surface area contributed by atoms with Crippen LogP contribution in [0.1, 0.15) is 25.3 Å². The summed E-state index contributed by atoms with van der Waals surface area (Å²) in [6, 6.07) is 10.5. The normalized spacial score (nSPS) is 24.3. The number of carbonyl (C=O) groups excluding carboxylic acids is 1. The van der Waals surface area contributed by atoms with Crippen LogP contribution >= 0.6 is 0 Å². The van der Waals surface area contributed by atoms with Gasteiger partial charge in [-0.15, -0.1) is 0 Å². The van der Waals surface area contributed by atoms with Crippen LogP contribution in [0.3, 0.4) is 0 Å². The summed E-state index contributed by atoms with van der Waals surface area (Å²) < 4.78 is 0. The molecule has 1 saturated heterocycles. The zero-order chi connectivity index (χ0) is 12.1. The number of hydrogen-bond acceptors (Lipinski definition) is 2. The van der Waals surface area contributed by atoms with Crippen molar-refractivity contribution in [1.29, 1.82) is 0 Å². The number of piperidine rings is 1. The van der Waals surface area contributed by atoms with E-state index in [4.69, 9.17) is 0 Å². The summed E-state index contributed by atoms with van der Waals surface area (Å²) in [5, 5.41) is 6.38. The third-order valence-corrected chi connectivity index (χ3v) is 3.30. The Labute approximate surface area is 103 Å². The monoisotopic (exact) mass is 232 g/mol. The third kappa shape index (κ3) is 3.56. The molecule has 17 heavy (non-hydrogen) atoms. The minimum Gasteiger partial charge on any atom is -0.352 e. The molecule has 3 heteroatoms. The van der Waals surface area contributed by atoms with Crippen molar-refractivity contribution < 1.29 is 4.79 Å². The van der Waals surface area contributed by atoms with Gasteiger partial charge in [-0.1, -0.05) is 30.3 Å². The van der Waals surface area contributed by atoms with Crippen molar-refractivity contribution in [2.75, 3.05) is 6.54 Å². The van der Waals surface area contributed by atoms with Crippen molar-refractivity contribution >= 4 is 5.91 Å². The Morgan fingerprint density at radius 1 is 1.41 bits per heavy atom. The Morgan fingerprint density at radius 3 is 2.88 bits per heavy atom. The highest BCUT2D eigenvalue weighted by Gasteiger charge is 2.24. The predicted molar refractivity (Wildman–Crippen MR) is 68.5 cm³/mol. The Hall–Kier alpha value is -1.35. The highest BCUT2D eigenvalue weighted by molar-refractivity contribution is 5.78. The molecule has 2 N–H and O–H groups in total. The molecule has 0 saturated carbocycles. The van der Waals surface area contributed by atoms with Crippen molar-refractivity contribution in [3.05, 3.63) is 35.9 Å². The lowest BCUT2D eigenvalue weighted by Gasteiger charge is -2.27. The first kappa shape index (κ1) is 12.1. The van der Waals surface area contributed by atoms with Gasteiger partial charge in [0.2, 0.25) is 5.91 Å². The number of amides is 1. The molecule has 2 rings (SSSR count). The summed E-state index contributed by atoms with van der Waals surface area (Å²) in [6.45, 7) is 3.72. The molecule has 2 unspecified atom stereocenters. The van der Waals surface area contributed by atoms with Gasteiger partial charge in [-0.3, -0.25) is 4.79 Å². The molecule has 1 amide bonds. The van der Waals surface area contributed by atoms with Crippen LogP contribution in [0.4, 0.5) is 0 Å². The lowest BCUT2D eigenvalue weighted by Crippen LogP contribution is -2.42. The quantitative estimate of drug-likeness (QED) is 0.832. The van der Waals surface area contributed by atoms with Crippen molar-refractivity contribution in [1.82, 2.24) is 10.6 Å². The second-order valence-electron chi connectivity index (χ2n) is 4.78. The molecule has 0 spiro atoms. The molecule has 1 aromatic carbocycles. The van der Waals surface area contributed by atoms with Gasteiger partial charge in [0.15, 0.2) is 0 Å². The van der Waals surface area contributed by atoms with E-state index in [-0.39, 0.29) is 11.8 Å². The van der Waals surface area contributed by atoms with Gasteiger partial charge in [-0.2, -0.15) is 0 Å². The molecule has 1 aliphatic heterocycles. The van der Waals surface area contributed by atoms with E-state index in [1.54, 1.807) is 0 Å². The fourth-order valence-electron chi connectivity index (χ4n) is 2.30. The topological polar surface area (TPSA) is 41.1 Å². The predicted octanol–water partition coefficient (Wildman–Crippen LogP) is 1.69. The first-order chi connectivity index (χ1) is 8.25. The van der Waals surface area contributed by atoms with Crippen molar-refractivity contribution in [3.63, 3.8) is 0 Å². The van der Waals surface area contributed by atoms with Gasteiger partial charge in [0.25, 0.3) is 0 Å². The molecule has 0 radical (unpaired) electrons. The lowest BCUT2D eigenvalue weighted by atomic mass is 9.92. The molecular weight excluding hydrogens is 212 g/mol. The van der Waals surface area contributed by atoms with Gasteiger partial charge in [0, 0.05) is 18.5 Å². The summed E-state index contributed by atoms with van der Waals surface area (Å²) in [5.41, 5.74) is 1.16. The van der Waals surface area contributed by atoms with Crippen molar-refractivity contribution in [2.24, 2.45) is 5.92 Å². The van der Waals surface area contributed by atoms with E-state index in [9.17, 15) is 4.79 Å². The van der Waals surface area contributed by atoms with Crippen LogP contribution in [0.25, 0.3) is 0 Å². The van der Waals surface area contributed by atoms with Gasteiger partial charge < -0.3 is 10.6 Å². The SMILES string of the molecule is CC1CC(C(=O)NCc2ccccc2)CCN1. The van der Waals surface area contributed by atoms with E-state index >= 15 is 0 Å². The summed E-state index contributed by atoms with van der Waals surface area (Å²) in [4.78, 5) is 12.0. The molecule has 2 atom stereocenters. The Morgan fingerprint density at radius 2 is 2.18 bits per heavy atom. The minimum atomic E-state index is 0.176. The zero-order valence-electron chi connectivity index (χ0n) is 10.3. The van der Waals surface area contributed by atoms with Crippen LogP contribution < -0.4 is 10.6 Å². The first-order valence-electron chi connectivity index (χ1n) is 6.30. The second-order valence-corrected chi connectivity index (χ2v) is 4.78. The van der Waals surface area contributed by atoms with E-state index in [1.807, 2.05) is 30.3 Å². The Kier molecular flexibility index (Phi) is 4.15. The molecule has 1 aliphatic rings. The molecule has 1 heterocycles. The van der Waals surface area contributed by atoms with E-state index in [0.29, 0.717) is 12.6 Å². The lowest BCUT2D eigenvalue weighted by molar-refractivity contribution is -0.126. The Balaban J connectivity index is 1.81. The maximum Gasteiger partial charge on any atom is 0.223 e. The third-order valence-electron chi connectivity index (χ3n) is 3.30. The van der Waals surface area contributed by atoms with E-state index in [2.05, 4.69) is 17.6 Å². The first-order valence-corrected chi connectivity index (χ1v) is 6.30. The maximum absolute atomic E-state index is 12.0. The average molecular weight is 232 g/mol. The number of rotatable bonds is 3. The van der Waals surface area contributed by atoms with Crippen molar-refractivity contribution in [3.8, 4) is 0 Å².